The van der Waals surface area contributed by atoms with Crippen molar-refractivity contribution in [3.8, 4) is 0 Å². The maximum atomic E-state index is 13.6. The third-order valence-corrected chi connectivity index (χ3v) is 8.36. The number of aromatic nitrogens is 1. The van der Waals surface area contributed by atoms with Gasteiger partial charge in [-0.1, -0.05) is 18.7 Å². The van der Waals surface area contributed by atoms with E-state index in [1.165, 1.54) is 0 Å². The van der Waals surface area contributed by atoms with Gasteiger partial charge < -0.3 is 10.0 Å². The number of benzene rings is 1. The average molecular weight is 428 g/mol. The van der Waals surface area contributed by atoms with Crippen molar-refractivity contribution in [2.24, 2.45) is 0 Å². The zero-order valence-electron chi connectivity index (χ0n) is 17.7. The Kier molecular flexibility index (Phi) is 5.36. The van der Waals surface area contributed by atoms with Crippen molar-refractivity contribution in [2.75, 3.05) is 18.0 Å². The van der Waals surface area contributed by atoms with Crippen LogP contribution in [0.2, 0.25) is 0 Å². The van der Waals surface area contributed by atoms with Gasteiger partial charge in [-0.25, -0.2) is 13.4 Å². The van der Waals surface area contributed by atoms with Gasteiger partial charge in [-0.05, 0) is 68.5 Å². The second-order valence-electron chi connectivity index (χ2n) is 8.57. The molecule has 0 radical (unpaired) electrons. The molecule has 0 bridgehead atoms. The van der Waals surface area contributed by atoms with Gasteiger partial charge in [0.05, 0.1) is 10.7 Å². The Balaban J connectivity index is 1.61. The smallest absolute Gasteiger partial charge is 0.243 e. The van der Waals surface area contributed by atoms with Crippen LogP contribution in [0.4, 0.5) is 5.82 Å². The number of pyridine rings is 1. The molecule has 1 saturated heterocycles. The van der Waals surface area contributed by atoms with Crippen molar-refractivity contribution in [2.45, 2.75) is 56.5 Å². The van der Waals surface area contributed by atoms with E-state index in [-0.39, 0.29) is 28.7 Å². The molecule has 0 spiro atoms. The highest BCUT2D eigenvalue weighted by Crippen LogP contribution is 2.39. The summed E-state index contributed by atoms with van der Waals surface area (Å²) in [7, 11) is -3.67. The molecule has 1 aromatic carbocycles. The summed E-state index contributed by atoms with van der Waals surface area (Å²) in [6.07, 6.45) is 3.43. The third-order valence-electron chi connectivity index (χ3n) is 6.23. The normalized spacial score (nSPS) is 24.6. The number of nitrogens with zero attached hydrogens (tertiary/aromatic N) is 3. The molecule has 7 heteroatoms. The van der Waals surface area contributed by atoms with E-state index in [0.29, 0.717) is 13.1 Å². The van der Waals surface area contributed by atoms with Crippen LogP contribution < -0.4 is 4.90 Å². The van der Waals surface area contributed by atoms with Crippen LogP contribution in [0.1, 0.15) is 42.9 Å². The van der Waals surface area contributed by atoms with Crippen molar-refractivity contribution >= 4 is 15.8 Å². The minimum Gasteiger partial charge on any atom is -0.512 e. The number of anilines is 1. The largest absolute Gasteiger partial charge is 0.512 e. The Morgan fingerprint density at radius 1 is 1.17 bits per heavy atom. The molecule has 1 unspecified atom stereocenters. The first kappa shape index (κ1) is 20.9. The molecule has 0 saturated carbocycles. The Morgan fingerprint density at radius 2 is 1.87 bits per heavy atom. The van der Waals surface area contributed by atoms with E-state index < -0.39 is 10.0 Å². The second kappa shape index (κ2) is 7.71. The summed E-state index contributed by atoms with van der Waals surface area (Å²) in [4.78, 5) is 6.94. The minimum atomic E-state index is -3.67. The Hall–Kier alpha value is -2.38. The topological polar surface area (TPSA) is 73.7 Å². The van der Waals surface area contributed by atoms with Crippen LogP contribution in [0.15, 0.2) is 53.8 Å². The van der Waals surface area contributed by atoms with Crippen LogP contribution in [-0.4, -0.2) is 48.0 Å². The molecule has 1 aliphatic carbocycles. The molecular formula is C23H29N3O3S. The molecular weight excluding hydrogens is 398 g/mol. The maximum absolute atomic E-state index is 13.6. The number of sulfonamides is 1. The predicted octanol–water partition coefficient (Wildman–Crippen LogP) is 3.78. The average Bonchev–Trinajstić information content (AvgIpc) is 3.11. The van der Waals surface area contributed by atoms with Crippen LogP contribution in [0.25, 0.3) is 0 Å². The molecule has 1 fully saturated rings. The highest BCUT2D eigenvalue weighted by atomic mass is 32.2. The summed E-state index contributed by atoms with van der Waals surface area (Å²) < 4.78 is 28.8. The summed E-state index contributed by atoms with van der Waals surface area (Å²) in [6, 6.07) is 8.93. The SMILES string of the molecule is C=C(O)C1CCc2ccc(S(=O)(=O)N3[C@H](C)CN(c4ccc(C)cn4)C[C@@H]3C)cc21. The van der Waals surface area contributed by atoms with E-state index in [4.69, 9.17) is 0 Å². The molecule has 4 rings (SSSR count). The number of fused-ring (bicyclic) bond motifs is 1. The van der Waals surface area contributed by atoms with E-state index in [0.717, 1.165) is 35.3 Å². The van der Waals surface area contributed by atoms with Gasteiger partial charge in [0, 0.05) is 37.3 Å². The Labute approximate surface area is 178 Å². The predicted molar refractivity (Wildman–Crippen MR) is 118 cm³/mol. The molecule has 3 atom stereocenters. The molecule has 2 heterocycles. The van der Waals surface area contributed by atoms with E-state index in [9.17, 15) is 13.5 Å². The lowest BCUT2D eigenvalue weighted by Gasteiger charge is -2.43. The number of piperazine rings is 1. The van der Waals surface area contributed by atoms with Gasteiger partial charge in [0.25, 0.3) is 0 Å². The number of rotatable bonds is 4. The number of allylic oxidation sites excluding steroid dienone is 1. The number of hydrogen-bond donors (Lipinski definition) is 1. The third kappa shape index (κ3) is 3.61. The first-order chi connectivity index (χ1) is 14.2. The molecule has 2 aromatic rings. The van der Waals surface area contributed by atoms with Crippen LogP contribution in [0.3, 0.4) is 0 Å². The first-order valence-corrected chi connectivity index (χ1v) is 11.8. The monoisotopic (exact) mass is 427 g/mol. The summed E-state index contributed by atoms with van der Waals surface area (Å²) >= 11 is 0. The fraction of sp³-hybridized carbons (Fsp3) is 0.435. The lowest BCUT2D eigenvalue weighted by molar-refractivity contribution is 0.240. The molecule has 0 amide bonds. The van der Waals surface area contributed by atoms with Crippen LogP contribution >= 0.6 is 0 Å². The summed E-state index contributed by atoms with van der Waals surface area (Å²) in [6.45, 7) is 10.7. The highest BCUT2D eigenvalue weighted by molar-refractivity contribution is 7.89. The molecule has 6 nitrogen and oxygen atoms in total. The van der Waals surface area contributed by atoms with Gasteiger partial charge in [-0.3, -0.25) is 0 Å². The standard InChI is InChI=1S/C23H29N3O3S/c1-15-5-10-23(24-12-15)25-13-16(2)26(17(3)14-25)30(28,29)20-8-6-19-7-9-21(18(4)27)22(19)11-20/h5-6,8,10-12,16-17,21,27H,4,7,9,13-14H2,1-3H3/t16-,17+,21?. The van der Waals surface area contributed by atoms with Crippen molar-refractivity contribution in [1.29, 1.82) is 0 Å². The van der Waals surface area contributed by atoms with Gasteiger partial charge in [-0.2, -0.15) is 4.31 Å². The van der Waals surface area contributed by atoms with Crippen molar-refractivity contribution in [1.82, 2.24) is 9.29 Å². The van der Waals surface area contributed by atoms with E-state index >= 15 is 0 Å². The van der Waals surface area contributed by atoms with Crippen molar-refractivity contribution < 1.29 is 13.5 Å². The second-order valence-corrected chi connectivity index (χ2v) is 10.4. The van der Waals surface area contributed by atoms with Gasteiger partial charge in [-0.15, -0.1) is 0 Å². The molecule has 30 heavy (non-hydrogen) atoms. The van der Waals surface area contributed by atoms with Crippen LogP contribution in [-0.2, 0) is 16.4 Å². The zero-order valence-corrected chi connectivity index (χ0v) is 18.6. The summed E-state index contributed by atoms with van der Waals surface area (Å²) in [5, 5.41) is 9.91. The highest BCUT2D eigenvalue weighted by Gasteiger charge is 2.39. The van der Waals surface area contributed by atoms with E-state index in [2.05, 4.69) is 16.5 Å². The molecule has 1 aromatic heterocycles. The molecule has 1 N–H and O–H groups in total. The van der Waals surface area contributed by atoms with Crippen LogP contribution in [0.5, 0.6) is 0 Å². The summed E-state index contributed by atoms with van der Waals surface area (Å²) in [5.41, 5.74) is 3.07. The lowest BCUT2D eigenvalue weighted by Crippen LogP contribution is -2.58. The van der Waals surface area contributed by atoms with E-state index in [1.54, 1.807) is 16.4 Å². The molecule has 160 valence electrons. The number of aryl methyl sites for hydroxylation is 2. The van der Waals surface area contributed by atoms with Gasteiger partial charge in [0.1, 0.15) is 5.82 Å². The number of hydrogen-bond acceptors (Lipinski definition) is 5. The van der Waals surface area contributed by atoms with Gasteiger partial charge >= 0.3 is 0 Å². The van der Waals surface area contributed by atoms with Crippen molar-refractivity contribution in [3.63, 3.8) is 0 Å². The van der Waals surface area contributed by atoms with Gasteiger partial charge in [0.15, 0.2) is 0 Å². The first-order valence-electron chi connectivity index (χ1n) is 10.4. The van der Waals surface area contributed by atoms with Crippen molar-refractivity contribution in [3.05, 3.63) is 65.6 Å². The van der Waals surface area contributed by atoms with Gasteiger partial charge in [0.2, 0.25) is 10.0 Å². The Morgan fingerprint density at radius 3 is 2.47 bits per heavy atom. The fourth-order valence-corrected chi connectivity index (χ4v) is 6.66. The quantitative estimate of drug-likeness (QED) is 0.752. The summed E-state index contributed by atoms with van der Waals surface area (Å²) in [5.74, 6) is 0.789. The maximum Gasteiger partial charge on any atom is 0.243 e. The zero-order chi connectivity index (χ0) is 21.6. The Bertz CT molecular complexity index is 1050. The lowest BCUT2D eigenvalue weighted by atomic mass is 10.0. The molecule has 1 aliphatic heterocycles. The number of aliphatic hydroxyl groups is 1. The minimum absolute atomic E-state index is 0.101. The van der Waals surface area contributed by atoms with E-state index in [1.807, 2.05) is 45.2 Å². The molecule has 2 aliphatic rings. The fourth-order valence-electron chi connectivity index (χ4n) is 4.82. The van der Waals surface area contributed by atoms with Crippen LogP contribution in [0, 0.1) is 6.92 Å². The number of aliphatic hydroxyl groups excluding tert-OH is 1.